The maximum Gasteiger partial charge on any atom is 0.125 e. The second kappa shape index (κ2) is 5.56. The molecule has 1 heterocycles. The van der Waals surface area contributed by atoms with Gasteiger partial charge in [-0.3, -0.25) is 0 Å². The Morgan fingerprint density at radius 1 is 1.20 bits per heavy atom. The van der Waals surface area contributed by atoms with E-state index in [9.17, 15) is 4.39 Å². The van der Waals surface area contributed by atoms with Crippen LogP contribution >= 0.6 is 34.5 Å². The number of anilines is 1. The number of hydrogen-bond acceptors (Lipinski definition) is 3. The number of rotatable bonds is 3. The average Bonchev–Trinajstić information content (AvgIpc) is 2.85. The summed E-state index contributed by atoms with van der Waals surface area (Å²) in [6.45, 7) is 0.424. The molecule has 0 bridgehead atoms. The highest BCUT2D eigenvalue weighted by Crippen LogP contribution is 2.32. The lowest BCUT2D eigenvalue weighted by Gasteiger charge is -2.09. The fourth-order valence-corrected chi connectivity index (χ4v) is 3.13. The largest absolute Gasteiger partial charge is 0.378 e. The van der Waals surface area contributed by atoms with E-state index in [0.717, 1.165) is 21.5 Å². The van der Waals surface area contributed by atoms with Gasteiger partial charge >= 0.3 is 0 Å². The number of benzene rings is 2. The topological polar surface area (TPSA) is 24.9 Å². The summed E-state index contributed by atoms with van der Waals surface area (Å²) in [5, 5.41) is 4.16. The van der Waals surface area contributed by atoms with Crippen LogP contribution in [0.5, 0.6) is 0 Å². The highest BCUT2D eigenvalue weighted by atomic mass is 35.5. The maximum absolute atomic E-state index is 13.3. The van der Waals surface area contributed by atoms with E-state index in [2.05, 4.69) is 10.3 Å². The second-order valence-electron chi connectivity index (χ2n) is 4.25. The molecule has 3 aromatic rings. The second-order valence-corrected chi connectivity index (χ2v) is 5.98. The van der Waals surface area contributed by atoms with Crippen LogP contribution < -0.4 is 5.32 Å². The van der Waals surface area contributed by atoms with Crippen LogP contribution in [-0.2, 0) is 6.54 Å². The van der Waals surface area contributed by atoms with E-state index in [0.29, 0.717) is 16.6 Å². The Morgan fingerprint density at radius 3 is 2.85 bits per heavy atom. The van der Waals surface area contributed by atoms with E-state index < -0.39 is 0 Å². The lowest BCUT2D eigenvalue weighted by Crippen LogP contribution is -2.01. The van der Waals surface area contributed by atoms with Crippen LogP contribution in [0.15, 0.2) is 35.8 Å². The van der Waals surface area contributed by atoms with Gasteiger partial charge in [-0.25, -0.2) is 9.37 Å². The first kappa shape index (κ1) is 13.6. The normalized spacial score (nSPS) is 10.9. The quantitative estimate of drug-likeness (QED) is 0.701. The van der Waals surface area contributed by atoms with Crippen molar-refractivity contribution in [2.24, 2.45) is 0 Å². The van der Waals surface area contributed by atoms with Crippen LogP contribution in [0.2, 0.25) is 10.0 Å². The van der Waals surface area contributed by atoms with Gasteiger partial charge < -0.3 is 5.32 Å². The van der Waals surface area contributed by atoms with Crippen molar-refractivity contribution in [3.8, 4) is 0 Å². The minimum atomic E-state index is -0.354. The maximum atomic E-state index is 13.3. The summed E-state index contributed by atoms with van der Waals surface area (Å²) >= 11 is 13.6. The van der Waals surface area contributed by atoms with E-state index in [4.69, 9.17) is 23.2 Å². The summed E-state index contributed by atoms with van der Waals surface area (Å²) in [5.41, 5.74) is 4.10. The minimum absolute atomic E-state index is 0.354. The molecule has 6 heteroatoms. The number of halogens is 3. The van der Waals surface area contributed by atoms with E-state index >= 15 is 0 Å². The Labute approximate surface area is 129 Å². The molecule has 0 fully saturated rings. The Kier molecular flexibility index (Phi) is 3.78. The first-order chi connectivity index (χ1) is 9.63. The summed E-state index contributed by atoms with van der Waals surface area (Å²) in [6.07, 6.45) is 0. The molecule has 0 saturated carbocycles. The van der Waals surface area contributed by atoms with Gasteiger partial charge in [0.25, 0.3) is 0 Å². The summed E-state index contributed by atoms with van der Waals surface area (Å²) in [5.74, 6) is -0.354. The number of hydrogen-bond donors (Lipinski definition) is 1. The highest BCUT2D eigenvalue weighted by molar-refractivity contribution is 7.16. The van der Waals surface area contributed by atoms with Crippen molar-refractivity contribution in [1.29, 1.82) is 0 Å². The number of nitrogens with zero attached hydrogens (tertiary/aromatic N) is 1. The molecular weight excluding hydrogens is 318 g/mol. The standard InChI is InChI=1S/C14H9Cl2FN2S/c15-9-3-8(4-10(17)5-9)6-18-13-11(16)1-2-12-14(13)19-7-20-12/h1-5,7,18H,6H2. The summed E-state index contributed by atoms with van der Waals surface area (Å²) in [6, 6.07) is 8.18. The molecule has 2 nitrogen and oxygen atoms in total. The summed E-state index contributed by atoms with van der Waals surface area (Å²) in [4.78, 5) is 4.30. The third-order valence-electron chi connectivity index (χ3n) is 2.84. The molecule has 1 N–H and O–H groups in total. The third kappa shape index (κ3) is 2.73. The molecule has 0 aliphatic carbocycles. The molecule has 0 unspecified atom stereocenters. The van der Waals surface area contributed by atoms with Gasteiger partial charge in [0.1, 0.15) is 11.3 Å². The van der Waals surface area contributed by atoms with Gasteiger partial charge in [-0.2, -0.15) is 0 Å². The van der Waals surface area contributed by atoms with E-state index in [1.54, 1.807) is 22.9 Å². The molecule has 0 aliphatic heterocycles. The van der Waals surface area contributed by atoms with Crippen molar-refractivity contribution < 1.29 is 4.39 Å². The lowest BCUT2D eigenvalue weighted by molar-refractivity contribution is 0.626. The smallest absolute Gasteiger partial charge is 0.125 e. The fourth-order valence-electron chi connectivity index (χ4n) is 1.98. The van der Waals surface area contributed by atoms with Crippen molar-refractivity contribution in [1.82, 2.24) is 4.98 Å². The Balaban J connectivity index is 1.90. The molecular formula is C14H9Cl2FN2S. The number of nitrogens with one attached hydrogen (secondary N) is 1. The molecule has 2 aromatic carbocycles. The van der Waals surface area contributed by atoms with Crippen LogP contribution in [0.1, 0.15) is 5.56 Å². The van der Waals surface area contributed by atoms with Gasteiger partial charge in [-0.15, -0.1) is 11.3 Å². The van der Waals surface area contributed by atoms with Crippen LogP contribution in [0, 0.1) is 5.82 Å². The average molecular weight is 327 g/mol. The minimum Gasteiger partial charge on any atom is -0.378 e. The van der Waals surface area contributed by atoms with E-state index in [1.165, 1.54) is 12.1 Å². The zero-order valence-electron chi connectivity index (χ0n) is 10.2. The van der Waals surface area contributed by atoms with Crippen LogP contribution in [-0.4, -0.2) is 4.98 Å². The van der Waals surface area contributed by atoms with Gasteiger partial charge in [0.2, 0.25) is 0 Å². The van der Waals surface area contributed by atoms with Crippen molar-refractivity contribution in [2.75, 3.05) is 5.32 Å². The lowest BCUT2D eigenvalue weighted by atomic mass is 10.2. The molecule has 3 rings (SSSR count). The molecule has 0 aliphatic rings. The molecule has 0 saturated heterocycles. The Morgan fingerprint density at radius 2 is 2.05 bits per heavy atom. The molecule has 0 amide bonds. The van der Waals surface area contributed by atoms with Crippen molar-refractivity contribution >= 4 is 50.4 Å². The molecule has 0 atom stereocenters. The van der Waals surface area contributed by atoms with Gasteiger partial charge in [0, 0.05) is 11.6 Å². The van der Waals surface area contributed by atoms with Crippen molar-refractivity contribution in [3.05, 3.63) is 57.3 Å². The molecule has 102 valence electrons. The zero-order chi connectivity index (χ0) is 14.1. The first-order valence-electron chi connectivity index (χ1n) is 5.84. The Bertz CT molecular complexity index is 753. The van der Waals surface area contributed by atoms with Crippen LogP contribution in [0.25, 0.3) is 10.2 Å². The van der Waals surface area contributed by atoms with E-state index in [-0.39, 0.29) is 5.82 Å². The third-order valence-corrected chi connectivity index (χ3v) is 4.17. The predicted molar refractivity (Wildman–Crippen MR) is 83.4 cm³/mol. The van der Waals surface area contributed by atoms with Gasteiger partial charge in [-0.05, 0) is 35.9 Å². The number of fused-ring (bicyclic) bond motifs is 1. The molecule has 1 aromatic heterocycles. The van der Waals surface area contributed by atoms with Gasteiger partial charge in [0.05, 0.1) is 20.9 Å². The van der Waals surface area contributed by atoms with Crippen LogP contribution in [0.4, 0.5) is 10.1 Å². The molecule has 20 heavy (non-hydrogen) atoms. The summed E-state index contributed by atoms with van der Waals surface area (Å²) in [7, 11) is 0. The van der Waals surface area contributed by atoms with Crippen molar-refractivity contribution in [3.63, 3.8) is 0 Å². The van der Waals surface area contributed by atoms with Gasteiger partial charge in [-0.1, -0.05) is 23.2 Å². The zero-order valence-corrected chi connectivity index (χ0v) is 12.5. The highest BCUT2D eigenvalue weighted by Gasteiger charge is 2.09. The van der Waals surface area contributed by atoms with E-state index in [1.807, 2.05) is 12.1 Å². The molecule has 0 radical (unpaired) electrons. The van der Waals surface area contributed by atoms with Crippen LogP contribution in [0.3, 0.4) is 0 Å². The monoisotopic (exact) mass is 326 g/mol. The van der Waals surface area contributed by atoms with Crippen molar-refractivity contribution in [2.45, 2.75) is 6.54 Å². The fraction of sp³-hybridized carbons (Fsp3) is 0.0714. The Hall–Kier alpha value is -1.36. The molecule has 0 spiro atoms. The predicted octanol–water partition coefficient (Wildman–Crippen LogP) is 5.35. The SMILES string of the molecule is Fc1cc(Cl)cc(CNc2c(Cl)ccc3scnc23)c1. The summed E-state index contributed by atoms with van der Waals surface area (Å²) < 4.78 is 14.3. The first-order valence-corrected chi connectivity index (χ1v) is 7.47. The van der Waals surface area contributed by atoms with Gasteiger partial charge in [0.15, 0.2) is 0 Å². The number of thiazole rings is 1. The number of aromatic nitrogens is 1.